The quantitative estimate of drug-likeness (QED) is 0.918. The Balaban J connectivity index is 1.85. The molecule has 0 saturated heterocycles. The molecule has 108 valence electrons. The molecule has 3 nitrogen and oxygen atoms in total. The van der Waals surface area contributed by atoms with Crippen molar-refractivity contribution >= 4 is 5.91 Å². The van der Waals surface area contributed by atoms with Gasteiger partial charge in [0.05, 0.1) is 18.2 Å². The molecule has 2 aromatic carbocycles. The monoisotopic (exact) mass is 285 g/mol. The summed E-state index contributed by atoms with van der Waals surface area (Å²) in [4.78, 5) is 12.3. The number of carbonyl (C=O) groups excluding carboxylic acids is 1. The smallest absolute Gasteiger partial charge is 0.254 e. The molecule has 1 atom stereocenters. The maximum atomic E-state index is 14.0. The van der Waals surface area contributed by atoms with Crippen molar-refractivity contribution in [3.05, 3.63) is 65.0 Å². The van der Waals surface area contributed by atoms with E-state index in [2.05, 4.69) is 5.32 Å². The third-order valence-corrected chi connectivity index (χ3v) is 3.70. The Morgan fingerprint density at radius 2 is 2.05 bits per heavy atom. The van der Waals surface area contributed by atoms with Gasteiger partial charge in [0.25, 0.3) is 5.91 Å². The fraction of sp³-hybridized carbons (Fsp3) is 0.235. The van der Waals surface area contributed by atoms with Crippen molar-refractivity contribution in [2.75, 3.05) is 6.61 Å². The van der Waals surface area contributed by atoms with Crippen molar-refractivity contribution in [1.82, 2.24) is 5.32 Å². The number of nitrogens with one attached hydrogen (secondary N) is 1. The van der Waals surface area contributed by atoms with E-state index >= 15 is 0 Å². The minimum absolute atomic E-state index is 0.0824. The number of aryl methyl sites for hydroxylation is 1. The van der Waals surface area contributed by atoms with Gasteiger partial charge in [-0.3, -0.25) is 4.79 Å². The Hall–Kier alpha value is -2.36. The highest BCUT2D eigenvalue weighted by Crippen LogP contribution is 2.31. The van der Waals surface area contributed by atoms with Crippen LogP contribution in [0.2, 0.25) is 0 Å². The number of hydrogen-bond acceptors (Lipinski definition) is 2. The Morgan fingerprint density at radius 1 is 1.24 bits per heavy atom. The predicted molar refractivity (Wildman–Crippen MR) is 77.9 cm³/mol. The molecule has 1 heterocycles. The van der Waals surface area contributed by atoms with Crippen LogP contribution < -0.4 is 10.1 Å². The summed E-state index contributed by atoms with van der Waals surface area (Å²) in [7, 11) is 0. The lowest BCUT2D eigenvalue weighted by Gasteiger charge is -2.26. The minimum Gasteiger partial charge on any atom is -0.493 e. The first-order valence-electron chi connectivity index (χ1n) is 6.94. The molecule has 0 radical (unpaired) electrons. The number of hydrogen-bond donors (Lipinski definition) is 1. The molecule has 21 heavy (non-hydrogen) atoms. The average molecular weight is 285 g/mol. The van der Waals surface area contributed by atoms with Crippen LogP contribution in [0.5, 0.6) is 5.75 Å². The van der Waals surface area contributed by atoms with Crippen molar-refractivity contribution in [1.29, 1.82) is 0 Å². The van der Waals surface area contributed by atoms with Gasteiger partial charge in [-0.1, -0.05) is 30.3 Å². The molecule has 1 unspecified atom stereocenters. The lowest BCUT2D eigenvalue weighted by molar-refractivity contribution is 0.0920. The van der Waals surface area contributed by atoms with Crippen LogP contribution in [-0.2, 0) is 0 Å². The van der Waals surface area contributed by atoms with Crippen molar-refractivity contribution in [3.8, 4) is 5.75 Å². The van der Waals surface area contributed by atoms with E-state index in [1.54, 1.807) is 19.1 Å². The zero-order valence-corrected chi connectivity index (χ0v) is 11.7. The van der Waals surface area contributed by atoms with Crippen LogP contribution >= 0.6 is 0 Å². The molecular weight excluding hydrogens is 269 g/mol. The molecule has 1 N–H and O–H groups in total. The predicted octanol–water partition coefficient (Wildman–Crippen LogP) is 3.39. The van der Waals surface area contributed by atoms with E-state index in [1.165, 1.54) is 6.07 Å². The highest BCUT2D eigenvalue weighted by atomic mass is 19.1. The molecule has 0 spiro atoms. The van der Waals surface area contributed by atoms with Gasteiger partial charge in [0.15, 0.2) is 0 Å². The largest absolute Gasteiger partial charge is 0.493 e. The molecule has 4 heteroatoms. The first kappa shape index (κ1) is 13.6. The normalized spacial score (nSPS) is 16.8. The van der Waals surface area contributed by atoms with Gasteiger partial charge in [-0.05, 0) is 24.6 Å². The van der Waals surface area contributed by atoms with E-state index in [-0.39, 0.29) is 11.6 Å². The fourth-order valence-corrected chi connectivity index (χ4v) is 2.55. The number of amides is 1. The molecule has 0 bridgehead atoms. The molecule has 3 rings (SSSR count). The number of halogens is 1. The topological polar surface area (TPSA) is 38.3 Å². The SMILES string of the molecule is Cc1cccc(C(=O)NC2CCOc3ccccc32)c1F. The average Bonchev–Trinajstić information content (AvgIpc) is 2.50. The molecule has 0 fully saturated rings. The van der Waals surface area contributed by atoms with E-state index < -0.39 is 11.7 Å². The minimum atomic E-state index is -0.463. The lowest BCUT2D eigenvalue weighted by atomic mass is 10.00. The zero-order chi connectivity index (χ0) is 14.8. The van der Waals surface area contributed by atoms with Crippen molar-refractivity contribution in [2.45, 2.75) is 19.4 Å². The zero-order valence-electron chi connectivity index (χ0n) is 11.7. The Bertz CT molecular complexity index is 684. The molecule has 0 aromatic heterocycles. The molecule has 0 aliphatic carbocycles. The molecule has 1 aliphatic heterocycles. The summed E-state index contributed by atoms with van der Waals surface area (Å²) in [5, 5.41) is 2.90. The van der Waals surface area contributed by atoms with Crippen LogP contribution in [0.1, 0.15) is 33.9 Å². The van der Waals surface area contributed by atoms with Crippen LogP contribution in [0.4, 0.5) is 4.39 Å². The van der Waals surface area contributed by atoms with E-state index in [9.17, 15) is 9.18 Å². The van der Waals surface area contributed by atoms with E-state index in [0.717, 1.165) is 11.3 Å². The summed E-state index contributed by atoms with van der Waals surface area (Å²) in [5.41, 5.74) is 1.49. The van der Waals surface area contributed by atoms with Gasteiger partial charge in [-0.15, -0.1) is 0 Å². The summed E-state index contributed by atoms with van der Waals surface area (Å²) in [6.45, 7) is 2.19. The van der Waals surface area contributed by atoms with Gasteiger partial charge in [-0.2, -0.15) is 0 Å². The molecule has 0 saturated carbocycles. The Labute approximate surface area is 122 Å². The Morgan fingerprint density at radius 3 is 2.90 bits per heavy atom. The highest BCUT2D eigenvalue weighted by molar-refractivity contribution is 5.95. The first-order chi connectivity index (χ1) is 10.2. The van der Waals surface area contributed by atoms with Crippen molar-refractivity contribution in [2.24, 2.45) is 0 Å². The second-order valence-corrected chi connectivity index (χ2v) is 5.14. The standard InChI is InChI=1S/C17H16FNO2/c1-11-5-4-7-13(16(11)18)17(20)19-14-9-10-21-15-8-3-2-6-12(14)15/h2-8,14H,9-10H2,1H3,(H,19,20). The summed E-state index contributed by atoms with van der Waals surface area (Å²) >= 11 is 0. The van der Waals surface area contributed by atoms with Crippen LogP contribution in [0.3, 0.4) is 0 Å². The third-order valence-electron chi connectivity index (χ3n) is 3.70. The van der Waals surface area contributed by atoms with Gasteiger partial charge < -0.3 is 10.1 Å². The highest BCUT2D eigenvalue weighted by Gasteiger charge is 2.24. The van der Waals surface area contributed by atoms with E-state index in [4.69, 9.17) is 4.74 Å². The molecule has 1 aliphatic rings. The second kappa shape index (κ2) is 5.56. The first-order valence-corrected chi connectivity index (χ1v) is 6.94. The molecule has 2 aromatic rings. The van der Waals surface area contributed by atoms with Gasteiger partial charge in [0.2, 0.25) is 0 Å². The van der Waals surface area contributed by atoms with Gasteiger partial charge in [0.1, 0.15) is 11.6 Å². The summed E-state index contributed by atoms with van der Waals surface area (Å²) in [5.74, 6) is -0.0768. The van der Waals surface area contributed by atoms with Crippen LogP contribution in [0, 0.1) is 12.7 Å². The van der Waals surface area contributed by atoms with Gasteiger partial charge in [-0.25, -0.2) is 4.39 Å². The summed E-state index contributed by atoms with van der Waals surface area (Å²) in [6, 6.07) is 12.3. The van der Waals surface area contributed by atoms with Crippen molar-refractivity contribution < 1.29 is 13.9 Å². The number of rotatable bonds is 2. The number of para-hydroxylation sites is 1. The van der Waals surface area contributed by atoms with Gasteiger partial charge >= 0.3 is 0 Å². The maximum absolute atomic E-state index is 14.0. The Kier molecular flexibility index (Phi) is 3.60. The summed E-state index contributed by atoms with van der Waals surface area (Å²) in [6.07, 6.45) is 0.677. The number of carbonyl (C=O) groups is 1. The van der Waals surface area contributed by atoms with Gasteiger partial charge in [0, 0.05) is 12.0 Å². The number of ether oxygens (including phenoxy) is 1. The van der Waals surface area contributed by atoms with Crippen molar-refractivity contribution in [3.63, 3.8) is 0 Å². The van der Waals surface area contributed by atoms with Crippen LogP contribution in [0.25, 0.3) is 0 Å². The van der Waals surface area contributed by atoms with E-state index in [1.807, 2.05) is 24.3 Å². The molecular formula is C17H16FNO2. The second-order valence-electron chi connectivity index (χ2n) is 5.14. The van der Waals surface area contributed by atoms with E-state index in [0.29, 0.717) is 18.6 Å². The number of fused-ring (bicyclic) bond motifs is 1. The summed E-state index contributed by atoms with van der Waals surface area (Å²) < 4.78 is 19.6. The number of benzene rings is 2. The molecule has 1 amide bonds. The maximum Gasteiger partial charge on any atom is 0.254 e. The van der Waals surface area contributed by atoms with Crippen LogP contribution in [-0.4, -0.2) is 12.5 Å². The third kappa shape index (κ3) is 2.61. The fourth-order valence-electron chi connectivity index (χ4n) is 2.55. The lowest BCUT2D eigenvalue weighted by Crippen LogP contribution is -2.32. The van der Waals surface area contributed by atoms with Crippen LogP contribution in [0.15, 0.2) is 42.5 Å².